The van der Waals surface area contributed by atoms with Crippen molar-refractivity contribution in [1.29, 1.82) is 0 Å². The van der Waals surface area contributed by atoms with Gasteiger partial charge in [0, 0.05) is 54.5 Å². The summed E-state index contributed by atoms with van der Waals surface area (Å²) in [5.41, 5.74) is 9.54. The van der Waals surface area contributed by atoms with Crippen LogP contribution in [0.2, 0.25) is 0 Å². The van der Waals surface area contributed by atoms with Gasteiger partial charge in [-0.25, -0.2) is 4.98 Å². The van der Waals surface area contributed by atoms with Gasteiger partial charge in [-0.05, 0) is 44.4 Å². The zero-order valence-corrected chi connectivity index (χ0v) is 20.4. The maximum atomic E-state index is 11.6. The summed E-state index contributed by atoms with van der Waals surface area (Å²) in [5.74, 6) is 2.00. The summed E-state index contributed by atoms with van der Waals surface area (Å²) in [4.78, 5) is 17.9. The van der Waals surface area contributed by atoms with Crippen molar-refractivity contribution < 1.29 is 13.9 Å². The number of nitrogens with zero attached hydrogens (tertiary/aromatic N) is 4. The fourth-order valence-corrected chi connectivity index (χ4v) is 4.58. The molecule has 182 valence electrons. The fourth-order valence-electron chi connectivity index (χ4n) is 4.58. The van der Waals surface area contributed by atoms with Crippen molar-refractivity contribution in [2.24, 2.45) is 0 Å². The molecule has 0 radical (unpaired) electrons. The number of carbonyl (C=O) groups is 1. The number of likely N-dealkylation sites (tertiary alicyclic amines) is 1. The number of benzene rings is 1. The number of nitrogens with two attached hydrogens (primary N) is 1. The summed E-state index contributed by atoms with van der Waals surface area (Å²) in [5, 5.41) is 5.53. The normalized spacial score (nSPS) is 15.5. The van der Waals surface area contributed by atoms with Crippen LogP contribution in [0, 0.1) is 0 Å². The molecule has 0 spiro atoms. The number of carbonyl (C=O) groups excluding carboxylic acids is 1. The van der Waals surface area contributed by atoms with E-state index in [1.165, 1.54) is 0 Å². The molecule has 0 aliphatic carbocycles. The molecule has 5 rings (SSSR count). The predicted molar refractivity (Wildman–Crippen MR) is 136 cm³/mol. The third-order valence-corrected chi connectivity index (χ3v) is 6.81. The molecule has 8 heteroatoms. The third kappa shape index (κ3) is 4.60. The molecule has 35 heavy (non-hydrogen) atoms. The smallest absolute Gasteiger partial charge is 0.219 e. The lowest BCUT2D eigenvalue weighted by atomic mass is 10.0. The highest BCUT2D eigenvalue weighted by atomic mass is 16.5. The van der Waals surface area contributed by atoms with Crippen LogP contribution in [0.1, 0.15) is 46.1 Å². The van der Waals surface area contributed by atoms with E-state index in [2.05, 4.69) is 23.9 Å². The Labute approximate surface area is 204 Å². The molecule has 2 N–H and O–H groups in total. The van der Waals surface area contributed by atoms with Gasteiger partial charge >= 0.3 is 0 Å². The summed E-state index contributed by atoms with van der Waals surface area (Å²) < 4.78 is 14.2. The van der Waals surface area contributed by atoms with Crippen LogP contribution in [0.3, 0.4) is 0 Å². The first-order chi connectivity index (χ1) is 16.9. The molecule has 1 saturated heterocycles. The Morgan fingerprint density at radius 1 is 1.23 bits per heavy atom. The maximum Gasteiger partial charge on any atom is 0.219 e. The van der Waals surface area contributed by atoms with E-state index in [4.69, 9.17) is 14.9 Å². The highest BCUT2D eigenvalue weighted by Crippen LogP contribution is 2.37. The number of anilines is 1. The first-order valence-corrected chi connectivity index (χ1v) is 12.2. The number of hydrogen-bond donors (Lipinski definition) is 1. The standard InChI is InChI=1S/C27H31N5O3/c1-4-17(2)34-22-7-5-6-19(12-22)25-13-23-24(15-29-27(28)26(23)35-25)20-14-30-32(16-20)21-8-10-31(11-9-21)18(3)33/h5-7,12-17,21H,4,8-11H2,1-3H3,(H2,28,29). The van der Waals surface area contributed by atoms with Crippen molar-refractivity contribution in [2.45, 2.75) is 52.2 Å². The van der Waals surface area contributed by atoms with Gasteiger partial charge in [0.2, 0.25) is 5.91 Å². The lowest BCUT2D eigenvalue weighted by Crippen LogP contribution is -2.37. The second kappa shape index (κ2) is 9.44. The van der Waals surface area contributed by atoms with Crippen LogP contribution in [-0.2, 0) is 4.79 Å². The average molecular weight is 474 g/mol. The highest BCUT2D eigenvalue weighted by molar-refractivity contribution is 6.00. The number of rotatable bonds is 6. The van der Waals surface area contributed by atoms with Gasteiger partial charge in [-0.15, -0.1) is 0 Å². The average Bonchev–Trinajstić information content (AvgIpc) is 3.53. The molecule has 4 aromatic rings. The zero-order chi connectivity index (χ0) is 24.5. The van der Waals surface area contributed by atoms with Crippen LogP contribution in [0.4, 0.5) is 5.82 Å². The lowest BCUT2D eigenvalue weighted by molar-refractivity contribution is -0.130. The van der Waals surface area contributed by atoms with E-state index in [1.54, 1.807) is 13.1 Å². The Hall–Kier alpha value is -3.81. The number of amides is 1. The summed E-state index contributed by atoms with van der Waals surface area (Å²) in [7, 11) is 0. The van der Waals surface area contributed by atoms with Gasteiger partial charge in [-0.2, -0.15) is 5.10 Å². The van der Waals surface area contributed by atoms with Crippen molar-refractivity contribution in [3.05, 3.63) is 48.9 Å². The van der Waals surface area contributed by atoms with Crippen molar-refractivity contribution in [2.75, 3.05) is 18.8 Å². The quantitative estimate of drug-likeness (QED) is 0.408. The fraction of sp³-hybridized carbons (Fsp3) is 0.370. The number of nitrogen functional groups attached to an aromatic ring is 1. The predicted octanol–water partition coefficient (Wildman–Crippen LogP) is 5.30. The van der Waals surface area contributed by atoms with Crippen LogP contribution in [0.25, 0.3) is 33.4 Å². The minimum absolute atomic E-state index is 0.132. The Morgan fingerprint density at radius 2 is 2.03 bits per heavy atom. The SMILES string of the molecule is CCC(C)Oc1cccc(-c2cc3c(-c4cnn(C5CCN(C(C)=O)CC5)c4)cnc(N)c3o2)c1. The van der Waals surface area contributed by atoms with Gasteiger partial charge in [0.05, 0.1) is 18.3 Å². The van der Waals surface area contributed by atoms with Crippen LogP contribution in [-0.4, -0.2) is 44.8 Å². The van der Waals surface area contributed by atoms with Crippen LogP contribution < -0.4 is 10.5 Å². The monoisotopic (exact) mass is 473 g/mol. The Kier molecular flexibility index (Phi) is 6.19. The van der Waals surface area contributed by atoms with Crippen LogP contribution >= 0.6 is 0 Å². The van der Waals surface area contributed by atoms with Gasteiger partial charge in [-0.1, -0.05) is 19.1 Å². The first-order valence-electron chi connectivity index (χ1n) is 12.2. The molecule has 3 aromatic heterocycles. The maximum absolute atomic E-state index is 11.6. The summed E-state index contributed by atoms with van der Waals surface area (Å²) in [6.07, 6.45) is 8.54. The highest BCUT2D eigenvalue weighted by Gasteiger charge is 2.23. The molecule has 0 saturated carbocycles. The molecular weight excluding hydrogens is 442 g/mol. The van der Waals surface area contributed by atoms with Gasteiger partial charge in [0.25, 0.3) is 0 Å². The van der Waals surface area contributed by atoms with Crippen LogP contribution in [0.5, 0.6) is 5.75 Å². The Bertz CT molecular complexity index is 1350. The minimum atomic E-state index is 0.132. The molecule has 1 fully saturated rings. The molecule has 4 heterocycles. The van der Waals surface area contributed by atoms with Gasteiger partial charge in [0.15, 0.2) is 11.4 Å². The number of aromatic nitrogens is 3. The van der Waals surface area contributed by atoms with E-state index >= 15 is 0 Å². The first kappa shape index (κ1) is 23.0. The summed E-state index contributed by atoms with van der Waals surface area (Å²) >= 11 is 0. The largest absolute Gasteiger partial charge is 0.491 e. The molecule has 8 nitrogen and oxygen atoms in total. The van der Waals surface area contributed by atoms with Gasteiger partial charge < -0.3 is 19.8 Å². The van der Waals surface area contributed by atoms with E-state index < -0.39 is 0 Å². The van der Waals surface area contributed by atoms with Crippen molar-refractivity contribution in [1.82, 2.24) is 19.7 Å². The Balaban J connectivity index is 1.45. The zero-order valence-electron chi connectivity index (χ0n) is 20.4. The molecule has 1 atom stereocenters. The summed E-state index contributed by atoms with van der Waals surface area (Å²) in [6.45, 7) is 7.29. The molecule has 1 aliphatic rings. The molecule has 1 amide bonds. The Morgan fingerprint density at radius 3 is 2.77 bits per heavy atom. The van der Waals surface area contributed by atoms with E-state index in [9.17, 15) is 4.79 Å². The molecule has 1 aliphatic heterocycles. The molecular formula is C27H31N5O3. The lowest BCUT2D eigenvalue weighted by Gasteiger charge is -2.31. The van der Waals surface area contributed by atoms with Crippen molar-refractivity contribution >= 4 is 22.7 Å². The minimum Gasteiger partial charge on any atom is -0.491 e. The topological polar surface area (TPSA) is 99.4 Å². The number of hydrogen-bond acceptors (Lipinski definition) is 6. The number of pyridine rings is 1. The van der Waals surface area contributed by atoms with Gasteiger partial charge in [-0.3, -0.25) is 9.48 Å². The van der Waals surface area contributed by atoms with E-state index in [-0.39, 0.29) is 18.1 Å². The van der Waals surface area contributed by atoms with E-state index in [0.717, 1.165) is 60.2 Å². The summed E-state index contributed by atoms with van der Waals surface area (Å²) in [6, 6.07) is 10.2. The second-order valence-electron chi connectivity index (χ2n) is 9.22. The number of piperidine rings is 1. The number of furan rings is 1. The second-order valence-corrected chi connectivity index (χ2v) is 9.22. The number of ether oxygens (including phenoxy) is 1. The molecule has 1 aromatic carbocycles. The van der Waals surface area contributed by atoms with Crippen molar-refractivity contribution in [3.8, 4) is 28.2 Å². The van der Waals surface area contributed by atoms with Crippen molar-refractivity contribution in [3.63, 3.8) is 0 Å². The van der Waals surface area contributed by atoms with Gasteiger partial charge in [0.1, 0.15) is 11.5 Å². The van der Waals surface area contributed by atoms with E-state index in [0.29, 0.717) is 17.2 Å². The third-order valence-electron chi connectivity index (χ3n) is 6.81. The molecule has 0 bridgehead atoms. The van der Waals surface area contributed by atoms with Crippen LogP contribution in [0.15, 0.2) is 53.3 Å². The molecule has 1 unspecified atom stereocenters. The van der Waals surface area contributed by atoms with E-state index in [1.807, 2.05) is 52.3 Å². The number of fused-ring (bicyclic) bond motifs is 1.